The molecule has 3 atom stereocenters. The Balaban J connectivity index is 1.76. The first-order chi connectivity index (χ1) is 17.2. The van der Waals surface area contributed by atoms with Crippen LogP contribution in [-0.4, -0.2) is 71.1 Å². The number of likely N-dealkylation sites (N-methyl/N-ethyl adjacent to an activating group) is 1. The Bertz CT molecular complexity index is 1230. The number of hydrogen-bond donors (Lipinski definition) is 3. The summed E-state index contributed by atoms with van der Waals surface area (Å²) in [4.78, 5) is 68.6. The van der Waals surface area contributed by atoms with Gasteiger partial charge >= 0.3 is 0 Å². The highest BCUT2D eigenvalue weighted by Gasteiger charge is 2.37. The van der Waals surface area contributed by atoms with E-state index in [-0.39, 0.29) is 22.7 Å². The fraction of sp³-hybridized carbons (Fsp3) is 0.346. The van der Waals surface area contributed by atoms with Crippen LogP contribution in [0.4, 0.5) is 11.4 Å². The Labute approximate surface area is 209 Å². The van der Waals surface area contributed by atoms with Crippen LogP contribution >= 0.6 is 0 Å². The third-order valence-electron chi connectivity index (χ3n) is 6.68. The van der Waals surface area contributed by atoms with Crippen LogP contribution in [0, 0.1) is 0 Å². The van der Waals surface area contributed by atoms with Gasteiger partial charge in [0.1, 0.15) is 18.1 Å². The average Bonchev–Trinajstić information content (AvgIpc) is 3.37. The van der Waals surface area contributed by atoms with Gasteiger partial charge in [-0.25, -0.2) is 0 Å². The van der Waals surface area contributed by atoms with Crippen molar-refractivity contribution in [3.8, 4) is 0 Å². The van der Waals surface area contributed by atoms with Gasteiger partial charge in [-0.3, -0.25) is 24.0 Å². The van der Waals surface area contributed by atoms with Crippen LogP contribution < -0.4 is 16.0 Å². The van der Waals surface area contributed by atoms with Crippen molar-refractivity contribution in [3.63, 3.8) is 0 Å². The van der Waals surface area contributed by atoms with E-state index in [1.165, 1.54) is 22.9 Å². The zero-order valence-corrected chi connectivity index (χ0v) is 20.4. The molecule has 0 unspecified atom stereocenters. The molecule has 0 aromatic heterocycles. The number of rotatable bonds is 0. The Kier molecular flexibility index (Phi) is 7.05. The van der Waals surface area contributed by atoms with Gasteiger partial charge in [-0.1, -0.05) is 24.3 Å². The summed E-state index contributed by atoms with van der Waals surface area (Å²) in [6.45, 7) is 3.51. The predicted octanol–water partition coefficient (Wildman–Crippen LogP) is 1.85. The largest absolute Gasteiger partial charge is 0.340 e. The molecule has 0 bridgehead atoms. The fourth-order valence-electron chi connectivity index (χ4n) is 4.45. The lowest BCUT2D eigenvalue weighted by molar-refractivity contribution is -0.137. The van der Waals surface area contributed by atoms with Gasteiger partial charge in [0.2, 0.25) is 17.7 Å². The Morgan fingerprint density at radius 2 is 1.39 bits per heavy atom. The van der Waals surface area contributed by atoms with E-state index in [4.69, 9.17) is 0 Å². The van der Waals surface area contributed by atoms with Crippen LogP contribution in [0.25, 0.3) is 0 Å². The van der Waals surface area contributed by atoms with E-state index >= 15 is 0 Å². The second-order valence-corrected chi connectivity index (χ2v) is 9.05. The van der Waals surface area contributed by atoms with E-state index in [1.54, 1.807) is 56.3 Å². The number of amides is 5. The molecule has 36 heavy (non-hydrogen) atoms. The number of benzene rings is 2. The number of para-hydroxylation sites is 2. The molecule has 10 heteroatoms. The highest BCUT2D eigenvalue weighted by Crippen LogP contribution is 2.24. The first kappa shape index (κ1) is 24.9. The molecule has 1 saturated heterocycles. The summed E-state index contributed by atoms with van der Waals surface area (Å²) in [6, 6.07) is 10.5. The van der Waals surface area contributed by atoms with Gasteiger partial charge in [-0.15, -0.1) is 0 Å². The quantitative estimate of drug-likeness (QED) is 0.518. The molecular formula is C26H29N5O5. The smallest absolute Gasteiger partial charge is 0.256 e. The maximum atomic E-state index is 13.3. The highest BCUT2D eigenvalue weighted by atomic mass is 16.2. The standard InChI is InChI=1S/C26H29N5O5/c1-15-25(35)31-14-8-13-21(31)24(34)29-20-12-7-5-10-18(20)26(36)30(3)16(2)22(32)28-19-11-6-4-9-17(19)23(33)27-15/h4-7,9-12,15-16,21H,8,13-14H2,1-3H3,(H,27,33)(H,28,32)(H,29,34)/t15-,16-,21-/m0/s1. The molecule has 0 spiro atoms. The zero-order valence-electron chi connectivity index (χ0n) is 20.4. The lowest BCUT2D eigenvalue weighted by Gasteiger charge is -2.27. The summed E-state index contributed by atoms with van der Waals surface area (Å²) in [5.41, 5.74) is 0.950. The number of fused-ring (bicyclic) bond motifs is 3. The van der Waals surface area contributed by atoms with Gasteiger partial charge in [-0.05, 0) is 51.0 Å². The van der Waals surface area contributed by atoms with Crippen molar-refractivity contribution in [1.82, 2.24) is 15.1 Å². The molecule has 2 aromatic rings. The van der Waals surface area contributed by atoms with Gasteiger partial charge in [0, 0.05) is 13.6 Å². The van der Waals surface area contributed by atoms with E-state index in [9.17, 15) is 24.0 Å². The van der Waals surface area contributed by atoms with Crippen LogP contribution in [0.1, 0.15) is 47.4 Å². The molecule has 10 nitrogen and oxygen atoms in total. The van der Waals surface area contributed by atoms with Crippen molar-refractivity contribution in [2.75, 3.05) is 24.2 Å². The third kappa shape index (κ3) is 4.79. The maximum absolute atomic E-state index is 13.3. The minimum absolute atomic E-state index is 0.178. The van der Waals surface area contributed by atoms with Crippen LogP contribution in [-0.2, 0) is 14.4 Å². The predicted molar refractivity (Wildman–Crippen MR) is 133 cm³/mol. The number of carbonyl (C=O) groups is 5. The molecule has 2 aliphatic rings. The van der Waals surface area contributed by atoms with Gasteiger partial charge < -0.3 is 25.8 Å². The van der Waals surface area contributed by atoms with Crippen molar-refractivity contribution in [2.45, 2.75) is 44.8 Å². The number of nitrogens with zero attached hydrogens (tertiary/aromatic N) is 2. The first-order valence-electron chi connectivity index (χ1n) is 11.9. The highest BCUT2D eigenvalue weighted by molar-refractivity contribution is 6.09. The summed E-state index contributed by atoms with van der Waals surface area (Å²) in [5.74, 6) is -2.30. The first-order valence-corrected chi connectivity index (χ1v) is 11.9. The van der Waals surface area contributed by atoms with E-state index < -0.39 is 41.8 Å². The Morgan fingerprint density at radius 3 is 2.08 bits per heavy atom. The maximum Gasteiger partial charge on any atom is 0.256 e. The Morgan fingerprint density at radius 1 is 0.806 bits per heavy atom. The average molecular weight is 492 g/mol. The van der Waals surface area contributed by atoms with E-state index in [0.717, 1.165) is 0 Å². The molecule has 1 fully saturated rings. The fourth-order valence-corrected chi connectivity index (χ4v) is 4.45. The monoisotopic (exact) mass is 491 g/mol. The number of hydrogen-bond acceptors (Lipinski definition) is 5. The molecule has 2 heterocycles. The summed E-state index contributed by atoms with van der Waals surface area (Å²) in [5, 5.41) is 8.20. The molecular weight excluding hydrogens is 462 g/mol. The molecule has 4 rings (SSSR count). The van der Waals surface area contributed by atoms with Crippen molar-refractivity contribution in [2.24, 2.45) is 0 Å². The second kappa shape index (κ2) is 10.2. The van der Waals surface area contributed by atoms with Gasteiger partial charge in [-0.2, -0.15) is 0 Å². The van der Waals surface area contributed by atoms with Crippen LogP contribution in [0.3, 0.4) is 0 Å². The van der Waals surface area contributed by atoms with E-state index in [1.807, 2.05) is 0 Å². The van der Waals surface area contributed by atoms with Crippen LogP contribution in [0.15, 0.2) is 48.5 Å². The molecule has 2 aliphatic heterocycles. The molecule has 0 radical (unpaired) electrons. The number of anilines is 2. The summed E-state index contributed by atoms with van der Waals surface area (Å²) in [7, 11) is 1.50. The second-order valence-electron chi connectivity index (χ2n) is 9.05. The number of carbonyl (C=O) groups excluding carboxylic acids is 5. The zero-order chi connectivity index (χ0) is 26.0. The summed E-state index contributed by atoms with van der Waals surface area (Å²) in [6.07, 6.45) is 1.10. The van der Waals surface area contributed by atoms with Crippen LogP contribution in [0.5, 0.6) is 0 Å². The summed E-state index contributed by atoms with van der Waals surface area (Å²) < 4.78 is 0. The van der Waals surface area contributed by atoms with Crippen molar-refractivity contribution in [3.05, 3.63) is 59.7 Å². The molecule has 2 aromatic carbocycles. The molecule has 188 valence electrons. The van der Waals surface area contributed by atoms with Crippen molar-refractivity contribution in [1.29, 1.82) is 0 Å². The summed E-state index contributed by atoms with van der Waals surface area (Å²) >= 11 is 0. The molecule has 0 saturated carbocycles. The van der Waals surface area contributed by atoms with Crippen molar-refractivity contribution < 1.29 is 24.0 Å². The normalized spacial score (nSPS) is 23.6. The van der Waals surface area contributed by atoms with Crippen LogP contribution in [0.2, 0.25) is 0 Å². The molecule has 5 amide bonds. The lowest BCUT2D eigenvalue weighted by atomic mass is 10.1. The van der Waals surface area contributed by atoms with Gasteiger partial charge in [0.05, 0.1) is 22.5 Å². The minimum atomic E-state index is -0.899. The van der Waals surface area contributed by atoms with Crippen molar-refractivity contribution >= 4 is 40.9 Å². The lowest BCUT2D eigenvalue weighted by Crippen LogP contribution is -2.51. The molecule has 3 N–H and O–H groups in total. The van der Waals surface area contributed by atoms with E-state index in [0.29, 0.717) is 25.1 Å². The van der Waals surface area contributed by atoms with Gasteiger partial charge in [0.15, 0.2) is 0 Å². The number of nitrogens with one attached hydrogen (secondary N) is 3. The van der Waals surface area contributed by atoms with Gasteiger partial charge in [0.25, 0.3) is 11.8 Å². The topological polar surface area (TPSA) is 128 Å². The Hall–Kier alpha value is -4.21. The molecule has 0 aliphatic carbocycles. The third-order valence-corrected chi connectivity index (χ3v) is 6.68. The SMILES string of the molecule is C[C@@H]1NC(=O)c2ccccc2NC(=O)[C@H](C)N(C)C(=O)c2ccccc2NC(=O)[C@@H]2CCCN2C1=O. The minimum Gasteiger partial charge on any atom is -0.340 e. The van der Waals surface area contributed by atoms with E-state index in [2.05, 4.69) is 16.0 Å².